The van der Waals surface area contributed by atoms with Crippen LogP contribution in [0.25, 0.3) is 10.9 Å². The first-order valence-electron chi connectivity index (χ1n) is 8.24. The van der Waals surface area contributed by atoms with Gasteiger partial charge in [-0.2, -0.15) is 0 Å². The second-order valence-corrected chi connectivity index (χ2v) is 6.46. The number of aromatic amines is 1. The standard InChI is InChI=1S/C19H19N3O2/c1-12-8-9-17-16(10-12)15-6-3-7-18(19(15)21-17)20-13-4-2-5-14(11-13)22(23)24/h2,4-5,8-11,18,20-21H,3,6-7H2,1H3/t18-/m1/s1. The van der Waals surface area contributed by atoms with Crippen LogP contribution in [0.5, 0.6) is 0 Å². The summed E-state index contributed by atoms with van der Waals surface area (Å²) in [5.74, 6) is 0. The van der Waals surface area contributed by atoms with Crippen molar-refractivity contribution in [3.05, 3.63) is 69.4 Å². The molecule has 1 heterocycles. The minimum absolute atomic E-state index is 0.114. The molecule has 0 saturated heterocycles. The third-order valence-electron chi connectivity index (χ3n) is 4.76. The smallest absolute Gasteiger partial charge is 0.271 e. The van der Waals surface area contributed by atoms with E-state index in [1.54, 1.807) is 12.1 Å². The number of hydrogen-bond acceptors (Lipinski definition) is 3. The number of nitro benzene ring substituents is 1. The predicted octanol–water partition coefficient (Wildman–Crippen LogP) is 4.87. The molecule has 4 rings (SSSR count). The molecule has 1 aliphatic carbocycles. The fourth-order valence-corrected chi connectivity index (χ4v) is 3.63. The van der Waals surface area contributed by atoms with Gasteiger partial charge in [-0.05, 0) is 49.9 Å². The van der Waals surface area contributed by atoms with Gasteiger partial charge in [-0.1, -0.05) is 17.7 Å². The van der Waals surface area contributed by atoms with Crippen LogP contribution in [0.2, 0.25) is 0 Å². The van der Waals surface area contributed by atoms with Crippen LogP contribution in [0.4, 0.5) is 11.4 Å². The molecule has 0 saturated carbocycles. The fourth-order valence-electron chi connectivity index (χ4n) is 3.63. The number of hydrogen-bond donors (Lipinski definition) is 2. The monoisotopic (exact) mass is 321 g/mol. The molecule has 24 heavy (non-hydrogen) atoms. The number of nitrogens with one attached hydrogen (secondary N) is 2. The van der Waals surface area contributed by atoms with Gasteiger partial charge in [0, 0.05) is 34.4 Å². The summed E-state index contributed by atoms with van der Waals surface area (Å²) in [6.45, 7) is 2.11. The molecule has 0 bridgehead atoms. The number of anilines is 1. The van der Waals surface area contributed by atoms with Crippen molar-refractivity contribution in [2.45, 2.75) is 32.2 Å². The molecule has 1 aliphatic rings. The number of benzene rings is 2. The van der Waals surface area contributed by atoms with E-state index in [1.807, 2.05) is 6.07 Å². The first kappa shape index (κ1) is 14.8. The maximum absolute atomic E-state index is 11.0. The van der Waals surface area contributed by atoms with Crippen molar-refractivity contribution in [3.8, 4) is 0 Å². The van der Waals surface area contributed by atoms with Gasteiger partial charge < -0.3 is 10.3 Å². The van der Waals surface area contributed by atoms with E-state index in [-0.39, 0.29) is 16.7 Å². The number of aromatic nitrogens is 1. The lowest BCUT2D eigenvalue weighted by Crippen LogP contribution is -2.17. The summed E-state index contributed by atoms with van der Waals surface area (Å²) in [5, 5.41) is 15.7. The maximum atomic E-state index is 11.0. The van der Waals surface area contributed by atoms with Crippen molar-refractivity contribution >= 4 is 22.3 Å². The van der Waals surface area contributed by atoms with E-state index >= 15 is 0 Å². The van der Waals surface area contributed by atoms with Gasteiger partial charge in [0.25, 0.3) is 5.69 Å². The van der Waals surface area contributed by atoms with Gasteiger partial charge in [-0.3, -0.25) is 10.1 Å². The predicted molar refractivity (Wildman–Crippen MR) is 95.4 cm³/mol. The number of aryl methyl sites for hydroxylation is 2. The second-order valence-electron chi connectivity index (χ2n) is 6.46. The zero-order valence-corrected chi connectivity index (χ0v) is 13.5. The van der Waals surface area contributed by atoms with Crippen molar-refractivity contribution in [2.24, 2.45) is 0 Å². The summed E-state index contributed by atoms with van der Waals surface area (Å²) in [4.78, 5) is 14.2. The molecule has 5 nitrogen and oxygen atoms in total. The van der Waals surface area contributed by atoms with Crippen LogP contribution in [-0.2, 0) is 6.42 Å². The molecule has 3 aromatic rings. The molecule has 0 unspecified atom stereocenters. The van der Waals surface area contributed by atoms with Crippen LogP contribution in [-0.4, -0.2) is 9.91 Å². The number of fused-ring (bicyclic) bond motifs is 3. The highest BCUT2D eigenvalue weighted by molar-refractivity contribution is 5.86. The highest BCUT2D eigenvalue weighted by Gasteiger charge is 2.24. The fraction of sp³-hybridized carbons (Fsp3) is 0.263. The van der Waals surface area contributed by atoms with Crippen LogP contribution in [0.15, 0.2) is 42.5 Å². The van der Waals surface area contributed by atoms with E-state index < -0.39 is 0 Å². The van der Waals surface area contributed by atoms with Crippen LogP contribution in [0.1, 0.15) is 35.7 Å². The van der Waals surface area contributed by atoms with Gasteiger partial charge in [0.05, 0.1) is 11.0 Å². The third kappa shape index (κ3) is 2.52. The summed E-state index contributed by atoms with van der Waals surface area (Å²) in [6, 6.07) is 13.4. The van der Waals surface area contributed by atoms with Crippen molar-refractivity contribution in [1.82, 2.24) is 4.98 Å². The molecular formula is C19H19N3O2. The van der Waals surface area contributed by atoms with E-state index in [0.29, 0.717) is 0 Å². The Kier molecular flexibility index (Phi) is 3.49. The second kappa shape index (κ2) is 5.67. The van der Waals surface area contributed by atoms with Crippen LogP contribution < -0.4 is 5.32 Å². The number of H-pyrrole nitrogens is 1. The molecule has 0 amide bonds. The lowest BCUT2D eigenvalue weighted by atomic mass is 9.91. The first-order chi connectivity index (χ1) is 11.6. The minimum atomic E-state index is -0.358. The van der Waals surface area contributed by atoms with E-state index in [0.717, 1.165) is 24.9 Å². The van der Waals surface area contributed by atoms with Crippen LogP contribution in [0.3, 0.4) is 0 Å². The largest absolute Gasteiger partial charge is 0.377 e. The van der Waals surface area contributed by atoms with Crippen LogP contribution >= 0.6 is 0 Å². The zero-order chi connectivity index (χ0) is 16.7. The Balaban J connectivity index is 1.70. The summed E-state index contributed by atoms with van der Waals surface area (Å²) in [5.41, 5.74) is 5.92. The summed E-state index contributed by atoms with van der Waals surface area (Å²) in [6.07, 6.45) is 3.20. The molecule has 1 atom stereocenters. The van der Waals surface area contributed by atoms with Gasteiger partial charge in [0.2, 0.25) is 0 Å². The maximum Gasteiger partial charge on any atom is 0.271 e. The summed E-state index contributed by atoms with van der Waals surface area (Å²) >= 11 is 0. The SMILES string of the molecule is Cc1ccc2[nH]c3c(c2c1)CCC[C@H]3Nc1cccc([N+](=O)[O-])c1. The average molecular weight is 321 g/mol. The molecule has 2 aromatic carbocycles. The van der Waals surface area contributed by atoms with Gasteiger partial charge >= 0.3 is 0 Å². The highest BCUT2D eigenvalue weighted by atomic mass is 16.6. The number of nitro groups is 1. The van der Waals surface area contributed by atoms with E-state index in [1.165, 1.54) is 33.8 Å². The Morgan fingerprint density at radius 1 is 1.25 bits per heavy atom. The molecular weight excluding hydrogens is 302 g/mol. The molecule has 2 N–H and O–H groups in total. The quantitative estimate of drug-likeness (QED) is 0.534. The molecule has 0 radical (unpaired) electrons. The lowest BCUT2D eigenvalue weighted by molar-refractivity contribution is -0.384. The zero-order valence-electron chi connectivity index (χ0n) is 13.5. The van der Waals surface area contributed by atoms with E-state index in [2.05, 4.69) is 35.4 Å². The Labute approximate surface area is 139 Å². The van der Waals surface area contributed by atoms with E-state index in [4.69, 9.17) is 0 Å². The normalized spacial score (nSPS) is 16.8. The molecule has 1 aromatic heterocycles. The number of rotatable bonds is 3. The topological polar surface area (TPSA) is 71.0 Å². The molecule has 0 spiro atoms. The van der Waals surface area contributed by atoms with Gasteiger partial charge in [-0.15, -0.1) is 0 Å². The number of nitrogens with zero attached hydrogens (tertiary/aromatic N) is 1. The first-order valence-corrected chi connectivity index (χ1v) is 8.24. The third-order valence-corrected chi connectivity index (χ3v) is 4.76. The number of non-ortho nitro benzene ring substituents is 1. The Morgan fingerprint density at radius 2 is 2.12 bits per heavy atom. The van der Waals surface area contributed by atoms with Gasteiger partial charge in [0.15, 0.2) is 0 Å². The van der Waals surface area contributed by atoms with E-state index in [9.17, 15) is 10.1 Å². The van der Waals surface area contributed by atoms with Crippen molar-refractivity contribution in [1.29, 1.82) is 0 Å². The van der Waals surface area contributed by atoms with Crippen molar-refractivity contribution in [3.63, 3.8) is 0 Å². The highest BCUT2D eigenvalue weighted by Crippen LogP contribution is 2.37. The Hall–Kier alpha value is -2.82. The molecule has 0 aliphatic heterocycles. The van der Waals surface area contributed by atoms with Gasteiger partial charge in [0.1, 0.15) is 0 Å². The molecule has 0 fully saturated rings. The molecule has 5 heteroatoms. The van der Waals surface area contributed by atoms with Crippen molar-refractivity contribution in [2.75, 3.05) is 5.32 Å². The minimum Gasteiger partial charge on any atom is -0.377 e. The summed E-state index contributed by atoms with van der Waals surface area (Å²) in [7, 11) is 0. The average Bonchev–Trinajstić information content (AvgIpc) is 2.94. The van der Waals surface area contributed by atoms with Crippen molar-refractivity contribution < 1.29 is 4.92 Å². The van der Waals surface area contributed by atoms with Gasteiger partial charge in [-0.25, -0.2) is 0 Å². The Morgan fingerprint density at radius 3 is 2.96 bits per heavy atom. The van der Waals surface area contributed by atoms with Crippen LogP contribution in [0, 0.1) is 17.0 Å². The summed E-state index contributed by atoms with van der Waals surface area (Å²) < 4.78 is 0. The Bertz CT molecular complexity index is 930. The molecule has 122 valence electrons. The lowest BCUT2D eigenvalue weighted by Gasteiger charge is -2.24.